The summed E-state index contributed by atoms with van der Waals surface area (Å²) >= 11 is 5.92. The van der Waals surface area contributed by atoms with Crippen molar-refractivity contribution in [1.29, 1.82) is 0 Å². The van der Waals surface area contributed by atoms with Crippen LogP contribution in [-0.2, 0) is 0 Å². The molecule has 1 N–H and O–H groups in total. The molecule has 1 fully saturated rings. The van der Waals surface area contributed by atoms with Crippen molar-refractivity contribution in [1.82, 2.24) is 5.32 Å². The number of nitrogens with one attached hydrogen (secondary N) is 1. The maximum absolute atomic E-state index is 5.92. The minimum Gasteiger partial charge on any atom is -0.488 e. The molecule has 0 bridgehead atoms. The van der Waals surface area contributed by atoms with E-state index in [9.17, 15) is 0 Å². The minimum absolute atomic E-state index is 0.317. The molecule has 3 rings (SSSR count). The van der Waals surface area contributed by atoms with Crippen molar-refractivity contribution in [3.05, 3.63) is 28.8 Å². The maximum Gasteiger partial charge on any atom is 0.126 e. The zero-order valence-electron chi connectivity index (χ0n) is 7.79. The summed E-state index contributed by atoms with van der Waals surface area (Å²) in [5.74, 6) is 0.960. The summed E-state index contributed by atoms with van der Waals surface area (Å²) in [7, 11) is 0. The third-order valence-corrected chi connectivity index (χ3v) is 3.23. The average Bonchev–Trinajstić information content (AvgIpc) is 2.54. The standard InChI is InChI=1S/C11H12ClNO/c12-7-3-4-8-10(6-7)14-9-2-1-5-13-11(8)9/h3-4,6,9,11,13H,1-2,5H2/t9-,11?/m0/s1. The summed E-state index contributed by atoms with van der Waals surface area (Å²) in [6, 6.07) is 6.30. The largest absolute Gasteiger partial charge is 0.488 e. The molecule has 74 valence electrons. The minimum atomic E-state index is 0.317. The van der Waals surface area contributed by atoms with Gasteiger partial charge in [-0.25, -0.2) is 0 Å². The highest BCUT2D eigenvalue weighted by Crippen LogP contribution is 2.40. The van der Waals surface area contributed by atoms with Crippen molar-refractivity contribution in [2.24, 2.45) is 0 Å². The van der Waals surface area contributed by atoms with E-state index in [-0.39, 0.29) is 0 Å². The van der Waals surface area contributed by atoms with Gasteiger partial charge in [0.25, 0.3) is 0 Å². The number of hydrogen-bond donors (Lipinski definition) is 1. The first-order valence-electron chi connectivity index (χ1n) is 5.04. The van der Waals surface area contributed by atoms with Gasteiger partial charge in [0.2, 0.25) is 0 Å². The van der Waals surface area contributed by atoms with Gasteiger partial charge in [0, 0.05) is 10.6 Å². The topological polar surface area (TPSA) is 21.3 Å². The fourth-order valence-corrected chi connectivity index (χ4v) is 2.49. The van der Waals surface area contributed by atoms with Crippen LogP contribution in [0.4, 0.5) is 0 Å². The summed E-state index contributed by atoms with van der Waals surface area (Å²) in [5.41, 5.74) is 1.26. The van der Waals surface area contributed by atoms with Gasteiger partial charge in [0.1, 0.15) is 11.9 Å². The second-order valence-electron chi connectivity index (χ2n) is 3.91. The Balaban J connectivity index is 2.01. The number of hydrogen-bond acceptors (Lipinski definition) is 2. The van der Waals surface area contributed by atoms with Crippen LogP contribution in [0.25, 0.3) is 0 Å². The monoisotopic (exact) mass is 209 g/mol. The van der Waals surface area contributed by atoms with Crippen LogP contribution in [0, 0.1) is 0 Å². The zero-order valence-corrected chi connectivity index (χ0v) is 8.55. The number of fused-ring (bicyclic) bond motifs is 3. The van der Waals surface area contributed by atoms with E-state index in [1.54, 1.807) is 0 Å². The molecule has 14 heavy (non-hydrogen) atoms. The molecule has 2 heterocycles. The molecule has 0 radical (unpaired) electrons. The van der Waals surface area contributed by atoms with Crippen molar-refractivity contribution in [3.8, 4) is 5.75 Å². The quantitative estimate of drug-likeness (QED) is 0.709. The second kappa shape index (κ2) is 3.14. The van der Waals surface area contributed by atoms with Crippen LogP contribution < -0.4 is 10.1 Å². The van der Waals surface area contributed by atoms with Crippen molar-refractivity contribution in [3.63, 3.8) is 0 Å². The highest BCUT2D eigenvalue weighted by atomic mass is 35.5. The summed E-state index contributed by atoms with van der Waals surface area (Å²) in [5, 5.41) is 4.24. The third kappa shape index (κ3) is 1.22. The molecule has 2 aliphatic heterocycles. The molecule has 0 amide bonds. The van der Waals surface area contributed by atoms with Gasteiger partial charge < -0.3 is 10.1 Å². The maximum atomic E-state index is 5.92. The zero-order chi connectivity index (χ0) is 9.54. The molecule has 3 heteroatoms. The van der Waals surface area contributed by atoms with Gasteiger partial charge in [-0.15, -0.1) is 0 Å². The molecule has 2 aliphatic rings. The Bertz CT molecular complexity index is 366. The Kier molecular flexibility index (Phi) is 1.92. The molecule has 1 aromatic rings. The lowest BCUT2D eigenvalue weighted by Crippen LogP contribution is -2.36. The van der Waals surface area contributed by atoms with E-state index in [0.29, 0.717) is 12.1 Å². The van der Waals surface area contributed by atoms with Crippen molar-refractivity contribution >= 4 is 11.6 Å². The number of rotatable bonds is 0. The van der Waals surface area contributed by atoms with E-state index in [1.165, 1.54) is 12.0 Å². The second-order valence-corrected chi connectivity index (χ2v) is 4.35. The normalized spacial score (nSPS) is 29.2. The predicted molar refractivity (Wildman–Crippen MR) is 55.8 cm³/mol. The average molecular weight is 210 g/mol. The van der Waals surface area contributed by atoms with E-state index < -0.39 is 0 Å². The highest BCUT2D eigenvalue weighted by Gasteiger charge is 2.35. The van der Waals surface area contributed by atoms with Gasteiger partial charge in [0.05, 0.1) is 6.04 Å². The molecule has 1 unspecified atom stereocenters. The van der Waals surface area contributed by atoms with E-state index >= 15 is 0 Å². The molecule has 1 saturated heterocycles. The smallest absolute Gasteiger partial charge is 0.126 e. The summed E-state index contributed by atoms with van der Waals surface area (Å²) < 4.78 is 5.84. The van der Waals surface area contributed by atoms with Crippen molar-refractivity contribution < 1.29 is 4.74 Å². The molecule has 2 nitrogen and oxygen atoms in total. The van der Waals surface area contributed by atoms with Crippen LogP contribution in [0.5, 0.6) is 5.75 Å². The fourth-order valence-electron chi connectivity index (χ4n) is 2.33. The Morgan fingerprint density at radius 2 is 2.36 bits per heavy atom. The van der Waals surface area contributed by atoms with Gasteiger partial charge in [-0.3, -0.25) is 0 Å². The molecule has 0 aromatic heterocycles. The van der Waals surface area contributed by atoms with Crippen molar-refractivity contribution in [2.45, 2.75) is 25.0 Å². The van der Waals surface area contributed by atoms with Crippen LogP contribution in [-0.4, -0.2) is 12.6 Å². The number of halogens is 1. The number of ether oxygens (including phenoxy) is 1. The lowest BCUT2D eigenvalue weighted by atomic mass is 9.97. The fraction of sp³-hybridized carbons (Fsp3) is 0.455. The lowest BCUT2D eigenvalue weighted by molar-refractivity contribution is 0.154. The highest BCUT2D eigenvalue weighted by molar-refractivity contribution is 6.30. The Hall–Kier alpha value is -0.730. The molecular formula is C11H12ClNO. The van der Waals surface area contributed by atoms with Gasteiger partial charge in [-0.05, 0) is 31.5 Å². The molecule has 2 atom stereocenters. The summed E-state index contributed by atoms with van der Waals surface area (Å²) in [6.07, 6.45) is 2.66. The van der Waals surface area contributed by atoms with Crippen molar-refractivity contribution in [2.75, 3.05) is 6.54 Å². The molecule has 1 aromatic carbocycles. The van der Waals surface area contributed by atoms with E-state index in [2.05, 4.69) is 11.4 Å². The summed E-state index contributed by atoms with van der Waals surface area (Å²) in [4.78, 5) is 0. The van der Waals surface area contributed by atoms with Gasteiger partial charge >= 0.3 is 0 Å². The first-order chi connectivity index (χ1) is 6.84. The number of piperidine rings is 1. The SMILES string of the molecule is Clc1ccc2c(c1)O[C@H]1CCCNC21. The predicted octanol–water partition coefficient (Wildman–Crippen LogP) is 2.53. The number of benzene rings is 1. The first kappa shape index (κ1) is 8.57. The molecular weight excluding hydrogens is 198 g/mol. The van der Waals surface area contributed by atoms with E-state index in [1.807, 2.05) is 12.1 Å². The Labute approximate surface area is 88.2 Å². The Morgan fingerprint density at radius 3 is 3.29 bits per heavy atom. The molecule has 0 aliphatic carbocycles. The van der Waals surface area contributed by atoms with E-state index in [4.69, 9.17) is 16.3 Å². The molecule has 0 saturated carbocycles. The first-order valence-corrected chi connectivity index (χ1v) is 5.42. The van der Waals surface area contributed by atoms with Crippen LogP contribution in [0.3, 0.4) is 0 Å². The summed E-state index contributed by atoms with van der Waals surface area (Å²) in [6.45, 7) is 1.09. The van der Waals surface area contributed by atoms with E-state index in [0.717, 1.165) is 23.7 Å². The van der Waals surface area contributed by atoms with Gasteiger partial charge in [-0.2, -0.15) is 0 Å². The van der Waals surface area contributed by atoms with Crippen LogP contribution in [0.15, 0.2) is 18.2 Å². The van der Waals surface area contributed by atoms with Crippen LogP contribution in [0.1, 0.15) is 24.4 Å². The molecule has 0 spiro atoms. The third-order valence-electron chi connectivity index (χ3n) is 2.99. The van der Waals surface area contributed by atoms with Crippen LogP contribution in [0.2, 0.25) is 5.02 Å². The lowest BCUT2D eigenvalue weighted by Gasteiger charge is -2.25. The van der Waals surface area contributed by atoms with Gasteiger partial charge in [-0.1, -0.05) is 17.7 Å². The van der Waals surface area contributed by atoms with Crippen LogP contribution >= 0.6 is 11.6 Å². The Morgan fingerprint density at radius 1 is 1.43 bits per heavy atom. The van der Waals surface area contributed by atoms with Gasteiger partial charge in [0.15, 0.2) is 0 Å².